The van der Waals surface area contributed by atoms with Crippen molar-refractivity contribution in [1.82, 2.24) is 29.9 Å². The summed E-state index contributed by atoms with van der Waals surface area (Å²) in [5.41, 5.74) is 0. The molecule has 0 aliphatic heterocycles. The molecule has 0 radical (unpaired) electrons. The van der Waals surface area contributed by atoms with E-state index in [9.17, 15) is 35.5 Å². The molecule has 0 unspecified atom stereocenters. The molecule has 20 nitrogen and oxygen atoms in total. The molecule has 0 bridgehead atoms. The molecule has 8 rings (SSSR count). The Bertz CT molecular complexity index is 3220. The Morgan fingerprint density at radius 1 is 0.343 bits per heavy atom. The number of hydrogen-bond donors (Lipinski definition) is 2. The van der Waals surface area contributed by atoms with Crippen LogP contribution in [-0.2, 0) is 29.5 Å². The fraction of sp³-hybridized carbons (Fsp3) is 0.0455. The van der Waals surface area contributed by atoms with E-state index in [1.807, 2.05) is 0 Å². The number of nitrogens with zero attached hydrogens (tertiary/aromatic N) is 6. The highest BCUT2D eigenvalue weighted by molar-refractivity contribution is 7.92. The molecule has 340 valence electrons. The van der Waals surface area contributed by atoms with E-state index in [-0.39, 0.29) is 99.9 Å². The number of hydrogen-bond acceptors (Lipinski definition) is 20. The average Bonchev–Trinajstić information content (AvgIpc) is 3.32. The summed E-state index contributed by atoms with van der Waals surface area (Å²) in [6, 6.07) is 30.2. The summed E-state index contributed by atoms with van der Waals surface area (Å²) in [6.07, 6.45) is 0. The van der Waals surface area contributed by atoms with E-state index in [2.05, 4.69) is 29.9 Å². The van der Waals surface area contributed by atoms with Crippen LogP contribution in [0.5, 0.6) is 70.6 Å². The van der Waals surface area contributed by atoms with Crippen molar-refractivity contribution in [2.75, 3.05) is 14.2 Å². The van der Waals surface area contributed by atoms with Crippen molar-refractivity contribution in [2.45, 2.75) is 29.4 Å². The lowest BCUT2D eigenvalue weighted by atomic mass is 10.3. The molecule has 2 heterocycles. The quantitative estimate of drug-likeness (QED) is 0.0972. The second-order valence-corrected chi connectivity index (χ2v) is 19.3. The van der Waals surface area contributed by atoms with Gasteiger partial charge in [-0.3, -0.25) is 0 Å². The summed E-state index contributed by atoms with van der Waals surface area (Å²) in [7, 11) is -9.77. The molecule has 8 aromatic rings. The lowest BCUT2D eigenvalue weighted by Crippen LogP contribution is -2.06. The molecule has 0 spiro atoms. The van der Waals surface area contributed by atoms with E-state index < -0.39 is 29.5 Å². The van der Waals surface area contributed by atoms with E-state index in [0.29, 0.717) is 0 Å². The SMILES string of the molecule is COc1nc(Oc2ccc(S(=O)(=O)c3ccc(Oc4nc(OC)nc(Oc5ccccc5S(=O)(=O)c5ccc(O)cc5)n4)cc3)cc2)nc(Oc2ccccc2S(=O)(=O)c2ccc(O)cc2)n1. The lowest BCUT2D eigenvalue weighted by Gasteiger charge is -2.12. The predicted molar refractivity (Wildman–Crippen MR) is 231 cm³/mol. The first kappa shape index (κ1) is 45.2. The molecule has 0 saturated carbocycles. The highest BCUT2D eigenvalue weighted by Crippen LogP contribution is 2.36. The zero-order valence-corrected chi connectivity index (χ0v) is 37.0. The van der Waals surface area contributed by atoms with Crippen LogP contribution in [0.2, 0.25) is 0 Å². The Kier molecular flexibility index (Phi) is 12.5. The van der Waals surface area contributed by atoms with Crippen LogP contribution >= 0.6 is 0 Å². The van der Waals surface area contributed by atoms with Gasteiger partial charge in [0, 0.05) is 0 Å². The summed E-state index contributed by atoms with van der Waals surface area (Å²) >= 11 is 0. The number of phenols is 2. The van der Waals surface area contributed by atoms with E-state index in [4.69, 9.17) is 28.4 Å². The largest absolute Gasteiger partial charge is 0.508 e. The Labute approximate surface area is 381 Å². The fourth-order valence-corrected chi connectivity index (χ4v) is 9.96. The second kappa shape index (κ2) is 18.6. The highest BCUT2D eigenvalue weighted by atomic mass is 32.2. The molecule has 0 aliphatic carbocycles. The topological polar surface area (TPSA) is 276 Å². The first-order valence-electron chi connectivity index (χ1n) is 19.2. The van der Waals surface area contributed by atoms with Crippen molar-refractivity contribution in [3.05, 3.63) is 146 Å². The standard InChI is InChI=1S/C44H32N6O14S3/c1-59-39-45-41(49-43(47-39)63-35-7-3-5-9-37(35)66(55,56)33-19-11-27(51)12-20-33)61-29-15-23-31(24-16-29)65(53,54)32-25-17-30(18-26-32)62-42-46-40(60-2)48-44(50-42)64-36-8-4-6-10-38(36)67(57,58)34-21-13-28(52)14-22-34/h3-26,51-52H,1-2H3. The van der Waals surface area contributed by atoms with Gasteiger partial charge in [-0.05, 0) is 121 Å². The second-order valence-electron chi connectivity index (χ2n) is 13.5. The average molecular weight is 965 g/mol. The molecular formula is C44H32N6O14S3. The van der Waals surface area contributed by atoms with Crippen LogP contribution in [0.15, 0.2) is 175 Å². The monoisotopic (exact) mass is 964 g/mol. The van der Waals surface area contributed by atoms with Gasteiger partial charge in [0.2, 0.25) is 29.5 Å². The minimum absolute atomic E-state index is 0.0961. The van der Waals surface area contributed by atoms with E-state index >= 15 is 0 Å². The van der Waals surface area contributed by atoms with Gasteiger partial charge in [-0.2, -0.15) is 0 Å². The van der Waals surface area contributed by atoms with E-state index in [1.54, 1.807) is 12.1 Å². The molecule has 0 saturated heterocycles. The highest BCUT2D eigenvalue weighted by Gasteiger charge is 2.26. The third kappa shape index (κ3) is 9.97. The van der Waals surface area contributed by atoms with Crippen molar-refractivity contribution in [2.24, 2.45) is 0 Å². The predicted octanol–water partition coefficient (Wildman–Crippen LogP) is 7.15. The molecule has 0 aliphatic rings. The number of para-hydroxylation sites is 2. The number of ether oxygens (including phenoxy) is 6. The minimum atomic E-state index is -4.12. The Morgan fingerprint density at radius 3 is 0.970 bits per heavy atom. The summed E-state index contributed by atoms with van der Waals surface area (Å²) in [6.45, 7) is 0. The van der Waals surface area contributed by atoms with Crippen LogP contribution in [0, 0.1) is 0 Å². The Hall–Kier alpha value is -8.41. The van der Waals surface area contributed by atoms with Crippen LogP contribution in [-0.4, -0.2) is 79.6 Å². The normalized spacial score (nSPS) is 11.6. The van der Waals surface area contributed by atoms with Gasteiger partial charge in [-0.15, -0.1) is 29.9 Å². The van der Waals surface area contributed by atoms with Crippen molar-refractivity contribution in [3.8, 4) is 70.6 Å². The van der Waals surface area contributed by atoms with Crippen LogP contribution in [0.4, 0.5) is 0 Å². The molecule has 0 amide bonds. The van der Waals surface area contributed by atoms with E-state index in [0.717, 1.165) is 0 Å². The van der Waals surface area contributed by atoms with Crippen LogP contribution < -0.4 is 28.4 Å². The van der Waals surface area contributed by atoms with Gasteiger partial charge in [0.25, 0.3) is 0 Å². The third-order valence-electron chi connectivity index (χ3n) is 9.17. The summed E-state index contributed by atoms with van der Waals surface area (Å²) in [4.78, 5) is 23.7. The third-order valence-corrected chi connectivity index (χ3v) is 14.6. The first-order valence-corrected chi connectivity index (χ1v) is 23.6. The molecule has 6 aromatic carbocycles. The number of sulfone groups is 3. The fourth-order valence-electron chi connectivity index (χ4n) is 5.94. The number of benzene rings is 6. The number of aromatic hydroxyl groups is 2. The minimum Gasteiger partial charge on any atom is -0.508 e. The molecule has 67 heavy (non-hydrogen) atoms. The van der Waals surface area contributed by atoms with Gasteiger partial charge in [-0.25, -0.2) is 25.3 Å². The zero-order valence-electron chi connectivity index (χ0n) is 34.6. The van der Waals surface area contributed by atoms with Gasteiger partial charge in [0.05, 0.1) is 33.8 Å². The van der Waals surface area contributed by atoms with Gasteiger partial charge < -0.3 is 38.6 Å². The van der Waals surface area contributed by atoms with Crippen LogP contribution in [0.1, 0.15) is 0 Å². The molecule has 0 fully saturated rings. The van der Waals surface area contributed by atoms with Crippen molar-refractivity contribution in [1.29, 1.82) is 0 Å². The number of rotatable bonds is 16. The smallest absolute Gasteiger partial charge is 0.331 e. The van der Waals surface area contributed by atoms with Crippen LogP contribution in [0.3, 0.4) is 0 Å². The molecule has 2 N–H and O–H groups in total. The Balaban J connectivity index is 0.958. The first-order chi connectivity index (χ1) is 32.1. The molecule has 23 heteroatoms. The number of aromatic nitrogens is 6. The van der Waals surface area contributed by atoms with Crippen molar-refractivity contribution >= 4 is 29.5 Å². The summed E-state index contributed by atoms with van der Waals surface area (Å²) in [5.74, 6) is -0.264. The van der Waals surface area contributed by atoms with Gasteiger partial charge in [0.1, 0.15) is 44.3 Å². The lowest BCUT2D eigenvalue weighted by molar-refractivity contribution is 0.334. The maximum absolute atomic E-state index is 13.7. The molecular weight excluding hydrogens is 933 g/mol. The van der Waals surface area contributed by atoms with Crippen molar-refractivity contribution < 1.29 is 63.9 Å². The summed E-state index contributed by atoms with van der Waals surface area (Å²) in [5, 5.41) is 19.3. The van der Waals surface area contributed by atoms with Gasteiger partial charge in [-0.1, -0.05) is 24.3 Å². The van der Waals surface area contributed by atoms with Crippen LogP contribution in [0.25, 0.3) is 0 Å². The summed E-state index contributed by atoms with van der Waals surface area (Å²) < 4.78 is 115. The number of phenolic OH excluding ortho intramolecular Hbond substituents is 2. The van der Waals surface area contributed by atoms with Gasteiger partial charge in [0.15, 0.2) is 0 Å². The molecule has 0 atom stereocenters. The van der Waals surface area contributed by atoms with Crippen molar-refractivity contribution in [3.63, 3.8) is 0 Å². The molecule has 2 aromatic heterocycles. The maximum atomic E-state index is 13.7. The Morgan fingerprint density at radius 2 is 0.627 bits per heavy atom. The maximum Gasteiger partial charge on any atom is 0.331 e. The zero-order chi connectivity index (χ0) is 47.3. The van der Waals surface area contributed by atoms with E-state index in [1.165, 1.54) is 148 Å². The number of methoxy groups -OCH3 is 2. The van der Waals surface area contributed by atoms with Gasteiger partial charge >= 0.3 is 36.1 Å².